The Labute approximate surface area is 321 Å². The Kier molecular flexibility index (Phi) is 31.5. The lowest BCUT2D eigenvalue weighted by molar-refractivity contribution is -0.129. The fourth-order valence-electron chi connectivity index (χ4n) is 3.54. The van der Waals surface area contributed by atoms with Crippen LogP contribution in [0.25, 0.3) is 0 Å². The van der Waals surface area contributed by atoms with Crippen molar-refractivity contribution in [3.8, 4) is 0 Å². The molecule has 0 aliphatic heterocycles. The van der Waals surface area contributed by atoms with Crippen molar-refractivity contribution in [2.75, 3.05) is 65.7 Å². The first-order valence-electron chi connectivity index (χ1n) is 16.5. The van der Waals surface area contributed by atoms with E-state index in [9.17, 15) is 46.2 Å². The summed E-state index contributed by atoms with van der Waals surface area (Å²) >= 11 is 0. The van der Waals surface area contributed by atoms with Crippen LogP contribution in [0.15, 0.2) is 75.1 Å². The zero-order chi connectivity index (χ0) is 42.3. The SMILES string of the molecule is C=CN(CC(O)CN(C=C)C(C)=O)C(C)=O.C=CN(CCCOCCOCCCN(C=C)C(C)=O)C(C)=O.C=CS(=O)(=O)NCC(O)CNS(=O)(=O)C=C. The lowest BCUT2D eigenvalue weighted by atomic mass is 10.3. The van der Waals surface area contributed by atoms with E-state index >= 15 is 0 Å². The van der Waals surface area contributed by atoms with Crippen LogP contribution in [0.4, 0.5) is 0 Å². The van der Waals surface area contributed by atoms with Gasteiger partial charge >= 0.3 is 0 Å². The van der Waals surface area contributed by atoms with E-state index in [0.29, 0.717) is 50.3 Å². The van der Waals surface area contributed by atoms with Crippen LogP contribution >= 0.6 is 0 Å². The van der Waals surface area contributed by atoms with Crippen molar-refractivity contribution in [2.45, 2.75) is 52.7 Å². The van der Waals surface area contributed by atoms with Crippen LogP contribution in [0.3, 0.4) is 0 Å². The van der Waals surface area contributed by atoms with E-state index in [2.05, 4.69) is 39.5 Å². The molecule has 0 aromatic rings. The van der Waals surface area contributed by atoms with Crippen molar-refractivity contribution in [2.24, 2.45) is 0 Å². The summed E-state index contributed by atoms with van der Waals surface area (Å²) in [6, 6.07) is 0. The topological polar surface area (TPSA) is 232 Å². The molecule has 18 nitrogen and oxygen atoms in total. The minimum Gasteiger partial charge on any atom is -0.390 e. The first kappa shape index (κ1) is 54.3. The molecule has 0 radical (unpaired) electrons. The van der Waals surface area contributed by atoms with E-state index in [0.717, 1.165) is 12.8 Å². The predicted molar refractivity (Wildman–Crippen MR) is 207 cm³/mol. The third-order valence-corrected chi connectivity index (χ3v) is 8.56. The van der Waals surface area contributed by atoms with Crippen molar-refractivity contribution < 1.29 is 55.7 Å². The van der Waals surface area contributed by atoms with Crippen LogP contribution in [-0.4, -0.2) is 148 Å². The summed E-state index contributed by atoms with van der Waals surface area (Å²) in [6.45, 7) is 29.0. The molecule has 4 amide bonds. The highest BCUT2D eigenvalue weighted by atomic mass is 32.2. The van der Waals surface area contributed by atoms with Gasteiger partial charge < -0.3 is 39.3 Å². The third kappa shape index (κ3) is 30.4. The summed E-state index contributed by atoms with van der Waals surface area (Å²) < 4.78 is 58.3. The summed E-state index contributed by atoms with van der Waals surface area (Å²) in [5, 5.41) is 20.3. The van der Waals surface area contributed by atoms with Gasteiger partial charge in [-0.15, -0.1) is 0 Å². The second-order valence-electron chi connectivity index (χ2n) is 10.9. The number of aliphatic hydroxyl groups is 2. The number of carbonyl (C=O) groups is 4. The lowest BCUT2D eigenvalue weighted by Crippen LogP contribution is -2.39. The smallest absolute Gasteiger partial charge is 0.233 e. The van der Waals surface area contributed by atoms with Gasteiger partial charge in [0.1, 0.15) is 0 Å². The molecule has 0 saturated heterocycles. The van der Waals surface area contributed by atoms with Crippen molar-refractivity contribution in [1.29, 1.82) is 0 Å². The van der Waals surface area contributed by atoms with Gasteiger partial charge in [-0.05, 0) is 37.6 Å². The fraction of sp³-hybridized carbons (Fsp3) is 0.529. The molecule has 310 valence electrons. The van der Waals surface area contributed by atoms with E-state index in [4.69, 9.17) is 9.47 Å². The van der Waals surface area contributed by atoms with E-state index in [1.807, 2.05) is 9.44 Å². The molecule has 0 aromatic heterocycles. The Balaban J connectivity index is -0.000000737. The lowest BCUT2D eigenvalue weighted by Gasteiger charge is -2.24. The van der Waals surface area contributed by atoms with Crippen LogP contribution in [0.2, 0.25) is 0 Å². The second-order valence-corrected chi connectivity index (χ2v) is 14.3. The molecular weight excluding hydrogens is 749 g/mol. The predicted octanol–water partition coefficient (Wildman–Crippen LogP) is 0.588. The van der Waals surface area contributed by atoms with Crippen LogP contribution < -0.4 is 9.44 Å². The Hall–Kier alpha value is -4.02. The quantitative estimate of drug-likeness (QED) is 0.0836. The van der Waals surface area contributed by atoms with Crippen molar-refractivity contribution in [3.63, 3.8) is 0 Å². The summed E-state index contributed by atoms with van der Waals surface area (Å²) in [6.07, 6.45) is 5.26. The average Bonchev–Trinajstić information content (AvgIpc) is 3.11. The minimum atomic E-state index is -3.62. The van der Waals surface area contributed by atoms with Crippen molar-refractivity contribution >= 4 is 43.7 Å². The first-order chi connectivity index (χ1) is 25.2. The number of rotatable bonds is 27. The van der Waals surface area contributed by atoms with E-state index in [-0.39, 0.29) is 49.8 Å². The molecule has 20 heteroatoms. The zero-order valence-corrected chi connectivity index (χ0v) is 33.6. The monoisotopic (exact) mass is 808 g/mol. The molecule has 0 fully saturated rings. The van der Waals surface area contributed by atoms with Crippen LogP contribution in [0.5, 0.6) is 0 Å². The number of amides is 4. The van der Waals surface area contributed by atoms with E-state index in [1.165, 1.54) is 62.3 Å². The summed E-state index contributed by atoms with van der Waals surface area (Å²) in [5.74, 6) is -0.445. The highest BCUT2D eigenvalue weighted by Crippen LogP contribution is 2.00. The number of ether oxygens (including phenoxy) is 2. The van der Waals surface area contributed by atoms with E-state index < -0.39 is 32.3 Å². The van der Waals surface area contributed by atoms with Gasteiger partial charge in [0.25, 0.3) is 0 Å². The molecule has 4 N–H and O–H groups in total. The Morgan fingerprint density at radius 2 is 0.852 bits per heavy atom. The van der Waals surface area contributed by atoms with E-state index in [1.54, 1.807) is 9.80 Å². The maximum atomic E-state index is 11.1. The van der Waals surface area contributed by atoms with Gasteiger partial charge in [-0.2, -0.15) is 0 Å². The average molecular weight is 809 g/mol. The van der Waals surface area contributed by atoms with Gasteiger partial charge in [-0.3, -0.25) is 19.2 Å². The molecule has 0 atom stereocenters. The largest absolute Gasteiger partial charge is 0.390 e. The molecule has 0 rings (SSSR count). The number of nitrogens with one attached hydrogen (secondary N) is 2. The number of aliphatic hydroxyl groups excluding tert-OH is 2. The molecule has 0 bridgehead atoms. The van der Waals surface area contributed by atoms with Gasteiger partial charge in [-0.25, -0.2) is 26.3 Å². The summed E-state index contributed by atoms with van der Waals surface area (Å²) in [4.78, 5) is 50.0. The number of hydrogen-bond donors (Lipinski definition) is 4. The molecule has 54 heavy (non-hydrogen) atoms. The summed E-state index contributed by atoms with van der Waals surface area (Å²) in [7, 11) is -7.23. The maximum absolute atomic E-state index is 11.1. The van der Waals surface area contributed by atoms with Gasteiger partial charge in [0.05, 0.1) is 38.5 Å². The third-order valence-electron chi connectivity index (χ3n) is 6.54. The fourth-order valence-corrected chi connectivity index (χ4v) is 4.63. The van der Waals surface area contributed by atoms with Crippen LogP contribution in [-0.2, 0) is 48.7 Å². The molecule has 0 unspecified atom stereocenters. The Morgan fingerprint density at radius 1 is 0.556 bits per heavy atom. The number of carbonyl (C=O) groups excluding carboxylic acids is 4. The molecule has 0 heterocycles. The standard InChI is InChI=1S/C16H28N2O4.C11H18N2O3.C7H14N2O5S2/c1-5-17(15(3)19)9-7-11-21-13-14-22-12-8-10-18(6-2)16(4)20;1-5-12(9(3)14)7-11(16)8-13(6-2)10(4)15;1-3-15(11,12)8-5-7(10)6-9-16(13,14)4-2/h5-6H,1-2,7-14H2,3-4H3;5-6,11,16H,1-2,7-8H2,3-4H3;3-4,7-10H,1-2,5-6H2. The van der Waals surface area contributed by atoms with Gasteiger partial charge in [0.15, 0.2) is 0 Å². The van der Waals surface area contributed by atoms with Gasteiger partial charge in [-0.1, -0.05) is 39.5 Å². The Morgan fingerprint density at radius 3 is 1.09 bits per heavy atom. The molecule has 0 aliphatic carbocycles. The highest BCUT2D eigenvalue weighted by Gasteiger charge is 2.16. The van der Waals surface area contributed by atoms with Gasteiger partial charge in [0.2, 0.25) is 43.7 Å². The second kappa shape index (κ2) is 31.3. The van der Waals surface area contributed by atoms with Crippen LogP contribution in [0, 0.1) is 0 Å². The number of sulfonamides is 2. The normalized spacial score (nSPS) is 10.7. The molecule has 0 aromatic carbocycles. The molecule has 0 spiro atoms. The first-order valence-corrected chi connectivity index (χ1v) is 19.6. The van der Waals surface area contributed by atoms with Crippen molar-refractivity contribution in [3.05, 3.63) is 75.1 Å². The summed E-state index contributed by atoms with van der Waals surface area (Å²) in [5.41, 5.74) is 0. The molecular formula is C34H60N6O12S2. The minimum absolute atomic E-state index is 0.0162. The molecule has 0 saturated carbocycles. The van der Waals surface area contributed by atoms with Gasteiger partial charge in [0, 0.05) is 77.9 Å². The Bertz CT molecular complexity index is 1320. The number of nitrogens with zero attached hydrogens (tertiary/aromatic N) is 4. The zero-order valence-electron chi connectivity index (χ0n) is 31.9. The highest BCUT2D eigenvalue weighted by molar-refractivity contribution is 7.92. The number of hydrogen-bond acceptors (Lipinski definition) is 12. The van der Waals surface area contributed by atoms with Crippen molar-refractivity contribution in [1.82, 2.24) is 29.0 Å². The van der Waals surface area contributed by atoms with Crippen LogP contribution in [0.1, 0.15) is 40.5 Å². The molecule has 0 aliphatic rings. The maximum Gasteiger partial charge on any atom is 0.233 e.